The van der Waals surface area contributed by atoms with Crippen LogP contribution in [0.3, 0.4) is 0 Å². The molecule has 6 aromatic rings. The summed E-state index contributed by atoms with van der Waals surface area (Å²) in [7, 11) is 3.79. The minimum Gasteiger partial charge on any atom is -0.388 e. The SMILES string of the molecule is CN(C)CCC(=O)Nc1ccc2c(=O)n(CC3(O)CCN(C(=O)c4cn(CCNC(=O)c5ccc6c(Cl)ccnc6c5)nc4-c4ccccc4)CC3)cnc2c1. The van der Waals surface area contributed by atoms with Crippen LogP contribution in [-0.2, 0) is 17.9 Å². The van der Waals surface area contributed by atoms with Crippen molar-refractivity contribution in [3.63, 3.8) is 0 Å². The number of carbonyl (C=O) groups excluding carboxylic acids is 3. The second-order valence-electron chi connectivity index (χ2n) is 14.3. The maximum Gasteiger partial charge on any atom is 0.261 e. The third kappa shape index (κ3) is 8.62. The van der Waals surface area contributed by atoms with Crippen LogP contribution in [0.2, 0.25) is 5.02 Å². The highest BCUT2D eigenvalue weighted by molar-refractivity contribution is 6.35. The van der Waals surface area contributed by atoms with Gasteiger partial charge in [0.1, 0.15) is 5.69 Å². The number of benzene rings is 3. The van der Waals surface area contributed by atoms with Crippen LogP contribution >= 0.6 is 11.6 Å². The number of piperidine rings is 1. The number of hydrogen-bond acceptors (Lipinski definition) is 9. The molecule has 0 radical (unpaired) electrons. The van der Waals surface area contributed by atoms with Gasteiger partial charge in [0.15, 0.2) is 0 Å². The molecule has 0 aliphatic carbocycles. The quantitative estimate of drug-likeness (QED) is 0.163. The molecular weight excluding hydrogens is 734 g/mol. The predicted molar refractivity (Wildman–Crippen MR) is 215 cm³/mol. The van der Waals surface area contributed by atoms with Crippen molar-refractivity contribution in [2.24, 2.45) is 0 Å². The number of hydrogen-bond donors (Lipinski definition) is 3. The number of nitrogens with zero attached hydrogens (tertiary/aromatic N) is 7. The molecule has 0 atom stereocenters. The molecule has 0 saturated carbocycles. The number of fused-ring (bicyclic) bond motifs is 2. The average molecular weight is 776 g/mol. The Hall–Kier alpha value is -5.96. The van der Waals surface area contributed by atoms with Crippen molar-refractivity contribution in [3.8, 4) is 11.3 Å². The molecule has 3 N–H and O–H groups in total. The molecular formula is C41H42ClN9O5. The number of carbonyl (C=O) groups is 3. The number of halogens is 1. The van der Waals surface area contributed by atoms with E-state index in [1.54, 1.807) is 64.4 Å². The number of nitrogens with one attached hydrogen (secondary N) is 2. The van der Waals surface area contributed by atoms with Crippen molar-refractivity contribution in [3.05, 3.63) is 118 Å². The summed E-state index contributed by atoms with van der Waals surface area (Å²) in [4.78, 5) is 65.1. The second-order valence-corrected chi connectivity index (χ2v) is 14.7. The molecule has 0 bridgehead atoms. The summed E-state index contributed by atoms with van der Waals surface area (Å²) in [5.74, 6) is -0.626. The van der Waals surface area contributed by atoms with Crippen molar-refractivity contribution < 1.29 is 19.5 Å². The van der Waals surface area contributed by atoms with Crippen LogP contribution in [0, 0.1) is 0 Å². The fraction of sp³-hybridized carbons (Fsp3) is 0.293. The standard InChI is InChI=1S/C41H42ClN9O5/c1-48(2)18-13-36(52)46-29-9-11-31-35(23-29)45-26-50(39(31)54)25-41(56)14-19-49(20-15-41)40(55)32-24-51(47-37(32)27-6-4-3-5-7-27)21-17-44-38(53)28-8-10-30-33(42)12-16-43-34(30)22-28/h3-12,16,22-24,26,56H,13-15,17-21,25H2,1-2H3,(H,44,53)(H,46,52). The topological polar surface area (TPSA) is 168 Å². The summed E-state index contributed by atoms with van der Waals surface area (Å²) in [6.07, 6.45) is 5.54. The van der Waals surface area contributed by atoms with E-state index in [0.717, 1.165) is 10.9 Å². The molecule has 0 spiro atoms. The summed E-state index contributed by atoms with van der Waals surface area (Å²) in [5.41, 5.74) is 2.22. The van der Waals surface area contributed by atoms with E-state index in [-0.39, 0.29) is 62.3 Å². The van der Waals surface area contributed by atoms with Crippen LogP contribution in [0.5, 0.6) is 0 Å². The van der Waals surface area contributed by atoms with Crippen LogP contribution in [0.1, 0.15) is 40.0 Å². The summed E-state index contributed by atoms with van der Waals surface area (Å²) in [6.45, 7) is 1.74. The normalized spacial score (nSPS) is 14.0. The molecule has 15 heteroatoms. The van der Waals surface area contributed by atoms with Gasteiger partial charge in [-0.2, -0.15) is 5.10 Å². The molecule has 56 heavy (non-hydrogen) atoms. The number of rotatable bonds is 12. The van der Waals surface area contributed by atoms with Crippen LogP contribution < -0.4 is 16.2 Å². The zero-order valence-electron chi connectivity index (χ0n) is 31.1. The summed E-state index contributed by atoms with van der Waals surface area (Å²) in [6, 6.07) is 21.3. The Morgan fingerprint density at radius 1 is 0.946 bits per heavy atom. The van der Waals surface area contributed by atoms with Crippen molar-refractivity contribution in [2.75, 3.05) is 45.6 Å². The van der Waals surface area contributed by atoms with Gasteiger partial charge in [-0.1, -0.05) is 48.0 Å². The van der Waals surface area contributed by atoms with E-state index in [1.807, 2.05) is 49.3 Å². The van der Waals surface area contributed by atoms with E-state index in [2.05, 4.69) is 20.6 Å². The molecule has 14 nitrogen and oxygen atoms in total. The van der Waals surface area contributed by atoms with Gasteiger partial charge in [-0.15, -0.1) is 0 Å². The summed E-state index contributed by atoms with van der Waals surface area (Å²) in [5, 5.41) is 23.8. The van der Waals surface area contributed by atoms with E-state index < -0.39 is 5.60 Å². The first kappa shape index (κ1) is 38.3. The predicted octanol–water partition coefficient (Wildman–Crippen LogP) is 4.45. The molecule has 0 unspecified atom stereocenters. The Balaban J connectivity index is 0.994. The van der Waals surface area contributed by atoms with Gasteiger partial charge in [0.2, 0.25) is 5.91 Å². The molecule has 4 heterocycles. The van der Waals surface area contributed by atoms with Crippen molar-refractivity contribution in [1.82, 2.24) is 39.4 Å². The molecule has 3 amide bonds. The van der Waals surface area contributed by atoms with E-state index in [9.17, 15) is 24.3 Å². The zero-order valence-corrected chi connectivity index (χ0v) is 31.9. The first-order chi connectivity index (χ1) is 27.0. The highest BCUT2D eigenvalue weighted by Crippen LogP contribution is 2.29. The third-order valence-corrected chi connectivity index (χ3v) is 10.3. The summed E-state index contributed by atoms with van der Waals surface area (Å²) < 4.78 is 3.05. The van der Waals surface area contributed by atoms with Gasteiger partial charge in [0.05, 0.1) is 52.0 Å². The van der Waals surface area contributed by atoms with Crippen molar-refractivity contribution in [2.45, 2.75) is 38.0 Å². The molecule has 1 aliphatic rings. The number of likely N-dealkylation sites (tertiary alicyclic amines) is 1. The van der Waals surface area contributed by atoms with E-state index in [1.165, 1.54) is 10.9 Å². The third-order valence-electron chi connectivity index (χ3n) is 9.96. The first-order valence-corrected chi connectivity index (χ1v) is 18.7. The fourth-order valence-electron chi connectivity index (χ4n) is 6.81. The fourth-order valence-corrected chi connectivity index (χ4v) is 7.03. The molecule has 1 aliphatic heterocycles. The lowest BCUT2D eigenvalue weighted by molar-refractivity contribution is -0.116. The summed E-state index contributed by atoms with van der Waals surface area (Å²) >= 11 is 6.25. The van der Waals surface area contributed by atoms with Gasteiger partial charge < -0.3 is 25.5 Å². The number of aliphatic hydroxyl groups is 1. The maximum absolute atomic E-state index is 14.0. The van der Waals surface area contributed by atoms with Gasteiger partial charge in [-0.3, -0.25) is 33.4 Å². The van der Waals surface area contributed by atoms with Gasteiger partial charge in [-0.05, 0) is 63.3 Å². The molecule has 3 aromatic carbocycles. The molecule has 1 saturated heterocycles. The average Bonchev–Trinajstić information content (AvgIpc) is 3.62. The number of pyridine rings is 1. The lowest BCUT2D eigenvalue weighted by atomic mass is 9.90. The minimum atomic E-state index is -1.24. The minimum absolute atomic E-state index is 0.0161. The molecule has 7 rings (SSSR count). The Kier molecular flexibility index (Phi) is 11.2. The van der Waals surface area contributed by atoms with Crippen molar-refractivity contribution >= 4 is 56.8 Å². The lowest BCUT2D eigenvalue weighted by Gasteiger charge is -2.38. The largest absolute Gasteiger partial charge is 0.388 e. The van der Waals surface area contributed by atoms with Gasteiger partial charge in [-0.25, -0.2) is 4.98 Å². The van der Waals surface area contributed by atoms with Crippen molar-refractivity contribution in [1.29, 1.82) is 0 Å². The van der Waals surface area contributed by atoms with Crippen LogP contribution in [0.15, 0.2) is 96.3 Å². The van der Waals surface area contributed by atoms with Gasteiger partial charge in [0.25, 0.3) is 17.4 Å². The molecule has 288 valence electrons. The number of anilines is 1. The maximum atomic E-state index is 14.0. The Morgan fingerprint density at radius 2 is 1.70 bits per heavy atom. The highest BCUT2D eigenvalue weighted by atomic mass is 35.5. The lowest BCUT2D eigenvalue weighted by Crippen LogP contribution is -2.49. The number of aromatic nitrogens is 5. The highest BCUT2D eigenvalue weighted by Gasteiger charge is 2.36. The Labute approximate surface area is 327 Å². The van der Waals surface area contributed by atoms with Gasteiger partial charge in [0, 0.05) is 67.2 Å². The smallest absolute Gasteiger partial charge is 0.261 e. The Morgan fingerprint density at radius 3 is 2.46 bits per heavy atom. The van der Waals surface area contributed by atoms with Crippen LogP contribution in [-0.4, -0.2) is 103 Å². The van der Waals surface area contributed by atoms with E-state index >= 15 is 0 Å². The monoisotopic (exact) mass is 775 g/mol. The van der Waals surface area contributed by atoms with Crippen LogP contribution in [0.4, 0.5) is 5.69 Å². The van der Waals surface area contributed by atoms with E-state index in [4.69, 9.17) is 16.7 Å². The van der Waals surface area contributed by atoms with Gasteiger partial charge >= 0.3 is 0 Å². The zero-order chi connectivity index (χ0) is 39.4. The van der Waals surface area contributed by atoms with E-state index in [0.29, 0.717) is 63.5 Å². The Bertz CT molecular complexity index is 2480. The second kappa shape index (κ2) is 16.4. The molecule has 3 aromatic heterocycles. The first-order valence-electron chi connectivity index (χ1n) is 18.4. The molecule has 1 fully saturated rings. The number of amides is 3. The van der Waals surface area contributed by atoms with Crippen LogP contribution in [0.25, 0.3) is 33.1 Å².